The number of thiazole rings is 1. The van der Waals surface area contributed by atoms with Crippen LogP contribution >= 0.6 is 11.3 Å². The van der Waals surface area contributed by atoms with E-state index in [4.69, 9.17) is 0 Å². The van der Waals surface area contributed by atoms with Gasteiger partial charge in [0.1, 0.15) is 0 Å². The number of aliphatic hydroxyl groups is 1. The molecule has 0 amide bonds. The number of aliphatic hydroxyl groups excluding tert-OH is 1. The first-order chi connectivity index (χ1) is 10.8. The molecule has 1 fully saturated rings. The predicted molar refractivity (Wildman–Crippen MR) is 90.9 cm³/mol. The van der Waals surface area contributed by atoms with E-state index >= 15 is 0 Å². The van der Waals surface area contributed by atoms with E-state index in [0.717, 1.165) is 45.3 Å². The molecule has 1 aliphatic rings. The minimum Gasteiger partial charge on any atom is -0.393 e. The Kier molecular flexibility index (Phi) is 5.59. The van der Waals surface area contributed by atoms with Gasteiger partial charge in [0.05, 0.1) is 17.3 Å². The number of piperidine rings is 1. The molecule has 1 atom stereocenters. The first kappa shape index (κ1) is 15.7. The Labute approximate surface area is 136 Å². The molecule has 0 radical (unpaired) electrons. The molecule has 0 aliphatic carbocycles. The molecule has 0 bridgehead atoms. The highest BCUT2D eigenvalue weighted by Gasteiger charge is 2.25. The highest BCUT2D eigenvalue weighted by molar-refractivity contribution is 7.07. The summed E-state index contributed by atoms with van der Waals surface area (Å²) in [4.78, 5) is 6.81. The van der Waals surface area contributed by atoms with Crippen molar-refractivity contribution in [3.8, 4) is 0 Å². The number of rotatable bonds is 6. The van der Waals surface area contributed by atoms with Crippen LogP contribution in [0.4, 0.5) is 0 Å². The van der Waals surface area contributed by atoms with E-state index in [9.17, 15) is 5.11 Å². The lowest BCUT2D eigenvalue weighted by Gasteiger charge is -2.34. The topological polar surface area (TPSA) is 36.4 Å². The summed E-state index contributed by atoms with van der Waals surface area (Å²) in [5, 5.41) is 12.6. The Morgan fingerprint density at radius 1 is 1.23 bits per heavy atom. The van der Waals surface area contributed by atoms with Crippen molar-refractivity contribution < 1.29 is 5.11 Å². The van der Waals surface area contributed by atoms with Crippen molar-refractivity contribution in [2.45, 2.75) is 38.3 Å². The summed E-state index contributed by atoms with van der Waals surface area (Å²) in [6.45, 7) is 3.10. The molecular weight excluding hydrogens is 292 g/mol. The number of hydrogen-bond acceptors (Lipinski definition) is 4. The minimum atomic E-state index is -0.165. The number of benzene rings is 1. The molecule has 1 aromatic heterocycles. The van der Waals surface area contributed by atoms with Crippen LogP contribution < -0.4 is 0 Å². The van der Waals surface area contributed by atoms with Crippen molar-refractivity contribution >= 4 is 11.3 Å². The fourth-order valence-electron chi connectivity index (χ4n) is 3.24. The van der Waals surface area contributed by atoms with Crippen LogP contribution in [0.2, 0.25) is 0 Å². The maximum absolute atomic E-state index is 10.4. The highest BCUT2D eigenvalue weighted by atomic mass is 32.1. The second-order valence-corrected chi connectivity index (χ2v) is 6.90. The third kappa shape index (κ3) is 4.38. The van der Waals surface area contributed by atoms with Crippen LogP contribution in [0.3, 0.4) is 0 Å². The van der Waals surface area contributed by atoms with Crippen LogP contribution in [0.15, 0.2) is 41.2 Å². The van der Waals surface area contributed by atoms with Crippen molar-refractivity contribution in [1.29, 1.82) is 0 Å². The van der Waals surface area contributed by atoms with Crippen LogP contribution in [0.25, 0.3) is 0 Å². The van der Waals surface area contributed by atoms with Crippen LogP contribution in [-0.4, -0.2) is 34.2 Å². The van der Waals surface area contributed by atoms with Gasteiger partial charge in [0, 0.05) is 11.9 Å². The molecule has 1 aromatic carbocycles. The van der Waals surface area contributed by atoms with Crippen molar-refractivity contribution in [2.75, 3.05) is 13.1 Å². The van der Waals surface area contributed by atoms with Gasteiger partial charge in [0.2, 0.25) is 0 Å². The van der Waals surface area contributed by atoms with Crippen molar-refractivity contribution in [3.63, 3.8) is 0 Å². The quantitative estimate of drug-likeness (QED) is 0.888. The number of hydrogen-bond donors (Lipinski definition) is 1. The lowest BCUT2D eigenvalue weighted by molar-refractivity contribution is 0.0517. The van der Waals surface area contributed by atoms with Gasteiger partial charge in [0.15, 0.2) is 0 Å². The summed E-state index contributed by atoms with van der Waals surface area (Å²) in [5.74, 6) is 0.454. The third-order valence-electron chi connectivity index (χ3n) is 4.62. The average molecular weight is 316 g/mol. The van der Waals surface area contributed by atoms with E-state index in [1.54, 1.807) is 11.3 Å². The third-order valence-corrected chi connectivity index (χ3v) is 5.25. The van der Waals surface area contributed by atoms with E-state index in [1.165, 1.54) is 11.3 Å². The largest absolute Gasteiger partial charge is 0.393 e. The summed E-state index contributed by atoms with van der Waals surface area (Å²) in [6.07, 6.45) is 3.88. The Hall–Kier alpha value is -1.23. The Bertz CT molecular complexity index is 535. The van der Waals surface area contributed by atoms with E-state index in [0.29, 0.717) is 5.92 Å². The van der Waals surface area contributed by atoms with E-state index in [1.807, 2.05) is 11.6 Å². The fraction of sp³-hybridized carbons (Fsp3) is 0.500. The lowest BCUT2D eigenvalue weighted by Crippen LogP contribution is -2.37. The molecule has 3 nitrogen and oxygen atoms in total. The number of likely N-dealkylation sites (tertiary alicyclic amines) is 1. The van der Waals surface area contributed by atoms with Gasteiger partial charge >= 0.3 is 0 Å². The van der Waals surface area contributed by atoms with Crippen molar-refractivity contribution in [1.82, 2.24) is 9.88 Å². The lowest BCUT2D eigenvalue weighted by atomic mass is 9.88. The molecular formula is C18H24N2OS. The van der Waals surface area contributed by atoms with Crippen LogP contribution in [0.1, 0.15) is 30.5 Å². The summed E-state index contributed by atoms with van der Waals surface area (Å²) in [6, 6.07) is 10.5. The van der Waals surface area contributed by atoms with Crippen LogP contribution in [0.5, 0.6) is 0 Å². The van der Waals surface area contributed by atoms with E-state index < -0.39 is 0 Å². The molecule has 22 heavy (non-hydrogen) atoms. The summed E-state index contributed by atoms with van der Waals surface area (Å²) in [7, 11) is 0. The smallest absolute Gasteiger partial charge is 0.0795 e. The zero-order chi connectivity index (χ0) is 15.2. The van der Waals surface area contributed by atoms with E-state index in [-0.39, 0.29) is 6.10 Å². The molecule has 2 aromatic rings. The average Bonchev–Trinajstić information content (AvgIpc) is 3.07. The summed E-state index contributed by atoms with van der Waals surface area (Å²) >= 11 is 1.66. The van der Waals surface area contributed by atoms with Gasteiger partial charge in [-0.1, -0.05) is 30.3 Å². The number of nitrogens with zero attached hydrogens (tertiary/aromatic N) is 2. The van der Waals surface area contributed by atoms with Gasteiger partial charge in [-0.15, -0.1) is 11.3 Å². The Morgan fingerprint density at radius 3 is 2.68 bits per heavy atom. The molecule has 1 aliphatic heterocycles. The van der Waals surface area contributed by atoms with Crippen molar-refractivity contribution in [2.24, 2.45) is 5.92 Å². The minimum absolute atomic E-state index is 0.165. The van der Waals surface area contributed by atoms with Gasteiger partial charge < -0.3 is 5.11 Å². The Balaban J connectivity index is 1.40. The molecule has 1 N–H and O–H groups in total. The number of aromatic nitrogens is 1. The standard InChI is InChI=1S/C18H24N2OS/c21-18(7-6-15-4-2-1-3-5-15)16-8-10-20(11-9-16)12-17-13-22-14-19-17/h1-5,13-14,16,18,21H,6-12H2. The molecule has 1 saturated heterocycles. The van der Waals surface area contributed by atoms with Gasteiger partial charge in [0.25, 0.3) is 0 Å². The fourth-order valence-corrected chi connectivity index (χ4v) is 3.79. The maximum Gasteiger partial charge on any atom is 0.0795 e. The molecule has 2 heterocycles. The van der Waals surface area contributed by atoms with Crippen LogP contribution in [-0.2, 0) is 13.0 Å². The second kappa shape index (κ2) is 7.86. The first-order valence-corrected chi connectivity index (χ1v) is 9.07. The molecule has 118 valence electrons. The van der Waals surface area contributed by atoms with Gasteiger partial charge in [-0.2, -0.15) is 0 Å². The van der Waals surface area contributed by atoms with Crippen LogP contribution in [0, 0.1) is 5.92 Å². The molecule has 0 saturated carbocycles. The first-order valence-electron chi connectivity index (χ1n) is 8.12. The van der Waals surface area contributed by atoms with E-state index in [2.05, 4.69) is 39.5 Å². The summed E-state index contributed by atoms with van der Waals surface area (Å²) < 4.78 is 0. The SMILES string of the molecule is OC(CCc1ccccc1)C1CCN(Cc2cscn2)CC1. The normalized spacial score (nSPS) is 18.4. The predicted octanol–water partition coefficient (Wildman–Crippen LogP) is 3.35. The molecule has 0 spiro atoms. The molecule has 3 rings (SSSR count). The maximum atomic E-state index is 10.4. The molecule has 4 heteroatoms. The second-order valence-electron chi connectivity index (χ2n) is 6.18. The highest BCUT2D eigenvalue weighted by Crippen LogP contribution is 2.24. The monoisotopic (exact) mass is 316 g/mol. The van der Waals surface area contributed by atoms with Gasteiger partial charge in [-0.05, 0) is 50.3 Å². The number of aryl methyl sites for hydroxylation is 1. The zero-order valence-electron chi connectivity index (χ0n) is 12.9. The zero-order valence-corrected chi connectivity index (χ0v) is 13.7. The van der Waals surface area contributed by atoms with Crippen molar-refractivity contribution in [3.05, 3.63) is 52.5 Å². The Morgan fingerprint density at radius 2 is 2.00 bits per heavy atom. The molecule has 1 unspecified atom stereocenters. The van der Waals surface area contributed by atoms with Gasteiger partial charge in [-0.25, -0.2) is 4.98 Å². The summed E-state index contributed by atoms with van der Waals surface area (Å²) in [5.41, 5.74) is 4.39. The van der Waals surface area contributed by atoms with Gasteiger partial charge in [-0.3, -0.25) is 4.90 Å².